The number of nitro benzene ring substituents is 1. The number of hydrogen-bond acceptors (Lipinski definition) is 4. The molecule has 0 saturated heterocycles. The van der Waals surface area contributed by atoms with Crippen LogP contribution in [0, 0.1) is 21.4 Å². The molecule has 2 atom stereocenters. The number of nitrogens with zero attached hydrogens (tertiary/aromatic N) is 1. The smallest absolute Gasteiger partial charge is 0.292 e. The molecule has 0 radical (unpaired) electrons. The van der Waals surface area contributed by atoms with Crippen molar-refractivity contribution >= 4 is 27.3 Å². The molecule has 0 aromatic heterocycles. The number of nitro groups is 1. The lowest BCUT2D eigenvalue weighted by Gasteiger charge is -2.11. The maximum atomic E-state index is 10.9. The molecule has 0 bridgehead atoms. The molecule has 1 saturated carbocycles. The fourth-order valence-electron chi connectivity index (χ4n) is 2.43. The van der Waals surface area contributed by atoms with E-state index in [2.05, 4.69) is 28.2 Å². The Morgan fingerprint density at radius 1 is 1.63 bits per heavy atom. The van der Waals surface area contributed by atoms with Crippen molar-refractivity contribution in [3.8, 4) is 0 Å². The van der Waals surface area contributed by atoms with Gasteiger partial charge >= 0.3 is 0 Å². The average molecular weight is 329 g/mol. The van der Waals surface area contributed by atoms with Crippen molar-refractivity contribution in [2.75, 3.05) is 18.5 Å². The van der Waals surface area contributed by atoms with E-state index in [-0.39, 0.29) is 22.6 Å². The molecule has 104 valence electrons. The SMILES string of the molecule is CC1(CCO)CC1CNc1cc(Br)ccc1[N+](=O)[O-]. The molecule has 1 aliphatic carbocycles. The Balaban J connectivity index is 2.00. The molecule has 5 nitrogen and oxygen atoms in total. The number of hydrogen-bond donors (Lipinski definition) is 2. The first-order chi connectivity index (χ1) is 8.96. The van der Waals surface area contributed by atoms with Gasteiger partial charge in [-0.1, -0.05) is 22.9 Å². The Morgan fingerprint density at radius 2 is 2.37 bits per heavy atom. The average Bonchev–Trinajstić information content (AvgIpc) is 2.97. The maximum Gasteiger partial charge on any atom is 0.292 e. The van der Waals surface area contributed by atoms with E-state index >= 15 is 0 Å². The van der Waals surface area contributed by atoms with Crippen molar-refractivity contribution in [2.45, 2.75) is 19.8 Å². The highest BCUT2D eigenvalue weighted by molar-refractivity contribution is 9.10. The van der Waals surface area contributed by atoms with Crippen LogP contribution in [0.25, 0.3) is 0 Å². The van der Waals surface area contributed by atoms with Gasteiger partial charge in [0.15, 0.2) is 0 Å². The second kappa shape index (κ2) is 5.46. The molecule has 1 aliphatic rings. The molecular formula is C13H17BrN2O3. The van der Waals surface area contributed by atoms with Crippen molar-refractivity contribution in [1.29, 1.82) is 0 Å². The minimum absolute atomic E-state index is 0.0905. The van der Waals surface area contributed by atoms with Gasteiger partial charge in [-0.25, -0.2) is 0 Å². The fourth-order valence-corrected chi connectivity index (χ4v) is 2.79. The van der Waals surface area contributed by atoms with Crippen LogP contribution >= 0.6 is 15.9 Å². The first-order valence-corrected chi connectivity index (χ1v) is 7.04. The summed E-state index contributed by atoms with van der Waals surface area (Å²) in [7, 11) is 0. The maximum absolute atomic E-state index is 10.9. The lowest BCUT2D eigenvalue weighted by Crippen LogP contribution is -2.11. The lowest BCUT2D eigenvalue weighted by atomic mass is 10.0. The zero-order chi connectivity index (χ0) is 14.0. The van der Waals surface area contributed by atoms with Crippen molar-refractivity contribution in [1.82, 2.24) is 0 Å². The lowest BCUT2D eigenvalue weighted by molar-refractivity contribution is -0.384. The summed E-state index contributed by atoms with van der Waals surface area (Å²) in [5.41, 5.74) is 0.813. The van der Waals surface area contributed by atoms with Gasteiger partial charge in [-0.05, 0) is 36.3 Å². The van der Waals surface area contributed by atoms with Gasteiger partial charge < -0.3 is 10.4 Å². The molecule has 1 aromatic rings. The van der Waals surface area contributed by atoms with E-state index in [1.54, 1.807) is 12.1 Å². The van der Waals surface area contributed by atoms with Crippen LogP contribution in [0.4, 0.5) is 11.4 Å². The van der Waals surface area contributed by atoms with Gasteiger partial charge in [0, 0.05) is 23.7 Å². The minimum Gasteiger partial charge on any atom is -0.396 e. The van der Waals surface area contributed by atoms with E-state index in [4.69, 9.17) is 5.11 Å². The topological polar surface area (TPSA) is 75.4 Å². The van der Waals surface area contributed by atoms with Gasteiger partial charge in [-0.3, -0.25) is 10.1 Å². The predicted octanol–water partition coefficient (Wildman–Crippen LogP) is 3.18. The Hall–Kier alpha value is -1.14. The van der Waals surface area contributed by atoms with Gasteiger partial charge in [-0.2, -0.15) is 0 Å². The van der Waals surface area contributed by atoms with Crippen molar-refractivity contribution in [3.63, 3.8) is 0 Å². The third-order valence-electron chi connectivity index (χ3n) is 3.92. The second-order valence-corrected chi connectivity index (χ2v) is 6.24. The standard InChI is InChI=1S/C13H17BrN2O3/c1-13(4-5-17)7-9(13)8-15-11-6-10(14)2-3-12(11)16(18)19/h2-3,6,9,15,17H,4-5,7-8H2,1H3. The van der Waals surface area contributed by atoms with Crippen molar-refractivity contribution in [3.05, 3.63) is 32.8 Å². The number of benzene rings is 1. The van der Waals surface area contributed by atoms with Gasteiger partial charge in [0.25, 0.3) is 5.69 Å². The number of halogens is 1. The summed E-state index contributed by atoms with van der Waals surface area (Å²) < 4.78 is 0.814. The first-order valence-electron chi connectivity index (χ1n) is 6.25. The third-order valence-corrected chi connectivity index (χ3v) is 4.41. The molecule has 0 aliphatic heterocycles. The minimum atomic E-state index is -0.380. The van der Waals surface area contributed by atoms with Gasteiger partial charge in [-0.15, -0.1) is 0 Å². The monoisotopic (exact) mass is 328 g/mol. The van der Waals surface area contributed by atoms with Crippen LogP contribution in [0.2, 0.25) is 0 Å². The van der Waals surface area contributed by atoms with E-state index < -0.39 is 0 Å². The number of anilines is 1. The Bertz CT molecular complexity index is 495. The van der Waals surface area contributed by atoms with Gasteiger partial charge in [0.2, 0.25) is 0 Å². The second-order valence-electron chi connectivity index (χ2n) is 5.33. The van der Waals surface area contributed by atoms with E-state index in [1.807, 2.05) is 0 Å². The van der Waals surface area contributed by atoms with E-state index in [0.29, 0.717) is 18.2 Å². The van der Waals surface area contributed by atoms with Crippen molar-refractivity contribution in [2.24, 2.45) is 11.3 Å². The molecule has 2 rings (SSSR count). The summed E-state index contributed by atoms with van der Waals surface area (Å²) in [4.78, 5) is 10.6. The van der Waals surface area contributed by atoms with Crippen LogP contribution < -0.4 is 5.32 Å². The quantitative estimate of drug-likeness (QED) is 0.621. The van der Waals surface area contributed by atoms with Gasteiger partial charge in [0.1, 0.15) is 5.69 Å². The molecule has 0 spiro atoms. The fraction of sp³-hybridized carbons (Fsp3) is 0.538. The molecule has 0 amide bonds. The zero-order valence-electron chi connectivity index (χ0n) is 10.7. The zero-order valence-corrected chi connectivity index (χ0v) is 12.3. The molecule has 1 aromatic carbocycles. The number of aliphatic hydroxyl groups is 1. The number of nitrogens with one attached hydrogen (secondary N) is 1. The van der Waals surface area contributed by atoms with Crippen LogP contribution in [0.15, 0.2) is 22.7 Å². The summed E-state index contributed by atoms with van der Waals surface area (Å²) in [6, 6.07) is 4.88. The Kier molecular flexibility index (Phi) is 4.10. The molecule has 2 unspecified atom stereocenters. The van der Waals surface area contributed by atoms with Crippen LogP contribution in [-0.4, -0.2) is 23.2 Å². The molecule has 1 fully saturated rings. The summed E-state index contributed by atoms with van der Waals surface area (Å²) >= 11 is 3.32. The number of rotatable bonds is 6. The molecule has 0 heterocycles. The number of aliphatic hydroxyl groups excluding tert-OH is 1. The summed E-state index contributed by atoms with van der Waals surface area (Å²) in [6.07, 6.45) is 1.85. The van der Waals surface area contributed by atoms with Crippen LogP contribution in [0.3, 0.4) is 0 Å². The molecular weight excluding hydrogens is 312 g/mol. The van der Waals surface area contributed by atoms with Crippen LogP contribution in [0.5, 0.6) is 0 Å². The molecule has 6 heteroatoms. The first kappa shape index (κ1) is 14.3. The summed E-state index contributed by atoms with van der Waals surface area (Å²) in [6.45, 7) is 3.04. The highest BCUT2D eigenvalue weighted by atomic mass is 79.9. The predicted molar refractivity (Wildman–Crippen MR) is 77.2 cm³/mol. The van der Waals surface area contributed by atoms with E-state index in [9.17, 15) is 10.1 Å². The molecule has 19 heavy (non-hydrogen) atoms. The largest absolute Gasteiger partial charge is 0.396 e. The van der Waals surface area contributed by atoms with Crippen LogP contribution in [0.1, 0.15) is 19.8 Å². The highest BCUT2D eigenvalue weighted by Gasteiger charge is 2.48. The van der Waals surface area contributed by atoms with Gasteiger partial charge in [0.05, 0.1) is 4.92 Å². The highest BCUT2D eigenvalue weighted by Crippen LogP contribution is 2.54. The third kappa shape index (κ3) is 3.25. The van der Waals surface area contributed by atoms with Crippen molar-refractivity contribution < 1.29 is 10.0 Å². The van der Waals surface area contributed by atoms with E-state index in [0.717, 1.165) is 17.3 Å². The summed E-state index contributed by atoms with van der Waals surface area (Å²) in [5, 5.41) is 23.1. The van der Waals surface area contributed by atoms with Crippen LogP contribution in [-0.2, 0) is 0 Å². The Morgan fingerprint density at radius 3 is 3.00 bits per heavy atom. The van der Waals surface area contributed by atoms with E-state index in [1.165, 1.54) is 6.07 Å². The molecule has 2 N–H and O–H groups in total. The Labute approximate surface area is 120 Å². The summed E-state index contributed by atoms with van der Waals surface area (Å²) in [5.74, 6) is 0.471. The normalized spacial score (nSPS) is 25.1.